The van der Waals surface area contributed by atoms with Crippen LogP contribution in [0.25, 0.3) is 0 Å². The molecule has 2 aromatic carbocycles. The van der Waals surface area contributed by atoms with E-state index in [4.69, 9.17) is 0 Å². The SMILES string of the molecule is Cc1ccc(S(=O)(=O)N2CCCC2c2nnc(C(=O)Nc3ccc(F)cc3F)s2)cc1C. The molecular formula is C21H20F2N4O3S2. The number of aromatic nitrogens is 2. The molecule has 1 unspecified atom stereocenters. The molecule has 1 aliphatic heterocycles. The van der Waals surface area contributed by atoms with Gasteiger partial charge in [0.2, 0.25) is 15.0 Å². The average molecular weight is 479 g/mol. The summed E-state index contributed by atoms with van der Waals surface area (Å²) < 4.78 is 54.8. The molecule has 2 heterocycles. The van der Waals surface area contributed by atoms with Crippen molar-refractivity contribution in [2.24, 2.45) is 0 Å². The highest BCUT2D eigenvalue weighted by molar-refractivity contribution is 7.89. The number of aryl methyl sites for hydroxylation is 2. The summed E-state index contributed by atoms with van der Waals surface area (Å²) in [5.41, 5.74) is 1.69. The summed E-state index contributed by atoms with van der Waals surface area (Å²) in [5.74, 6) is -2.38. The third-order valence-corrected chi connectivity index (χ3v) is 8.32. The Hall–Kier alpha value is -2.76. The number of rotatable bonds is 5. The van der Waals surface area contributed by atoms with E-state index in [1.54, 1.807) is 18.2 Å². The summed E-state index contributed by atoms with van der Waals surface area (Å²) in [6, 6.07) is 7.27. The van der Waals surface area contributed by atoms with Crippen molar-refractivity contribution in [2.75, 3.05) is 11.9 Å². The van der Waals surface area contributed by atoms with Crippen LogP contribution in [0.3, 0.4) is 0 Å². The van der Waals surface area contributed by atoms with Gasteiger partial charge in [-0.05, 0) is 62.1 Å². The molecule has 7 nitrogen and oxygen atoms in total. The first kappa shape index (κ1) is 22.4. The number of amides is 1. The molecule has 1 fully saturated rings. The maximum Gasteiger partial charge on any atom is 0.286 e. The van der Waals surface area contributed by atoms with Gasteiger partial charge in [0.15, 0.2) is 0 Å². The zero-order valence-corrected chi connectivity index (χ0v) is 18.9. The lowest BCUT2D eigenvalue weighted by Crippen LogP contribution is -2.30. The van der Waals surface area contributed by atoms with Gasteiger partial charge in [0.25, 0.3) is 5.91 Å². The molecule has 0 bridgehead atoms. The van der Waals surface area contributed by atoms with E-state index in [2.05, 4.69) is 15.5 Å². The second kappa shape index (κ2) is 8.64. The summed E-state index contributed by atoms with van der Waals surface area (Å²) in [4.78, 5) is 12.7. The second-order valence-corrected chi connectivity index (χ2v) is 10.4. The summed E-state index contributed by atoms with van der Waals surface area (Å²) in [5, 5.41) is 10.6. The molecule has 1 N–H and O–H groups in total. The number of carbonyl (C=O) groups is 1. The second-order valence-electron chi connectivity index (χ2n) is 7.54. The van der Waals surface area contributed by atoms with E-state index in [9.17, 15) is 22.0 Å². The van der Waals surface area contributed by atoms with E-state index < -0.39 is 33.6 Å². The Morgan fingerprint density at radius 1 is 1.12 bits per heavy atom. The van der Waals surface area contributed by atoms with E-state index in [0.717, 1.165) is 34.6 Å². The Kier molecular flexibility index (Phi) is 6.06. The van der Waals surface area contributed by atoms with E-state index in [1.165, 1.54) is 4.31 Å². The number of carbonyl (C=O) groups excluding carboxylic acids is 1. The summed E-state index contributed by atoms with van der Waals surface area (Å²) >= 11 is 0.950. The monoisotopic (exact) mass is 478 g/mol. The van der Waals surface area contributed by atoms with Crippen LogP contribution in [0, 0.1) is 25.5 Å². The molecule has 1 aromatic heterocycles. The first-order valence-electron chi connectivity index (χ1n) is 9.85. The van der Waals surface area contributed by atoms with Crippen LogP contribution in [-0.2, 0) is 10.0 Å². The molecule has 0 aliphatic carbocycles. The van der Waals surface area contributed by atoms with Gasteiger partial charge in [-0.15, -0.1) is 10.2 Å². The summed E-state index contributed by atoms with van der Waals surface area (Å²) in [6.45, 7) is 4.10. The highest BCUT2D eigenvalue weighted by Gasteiger charge is 2.38. The van der Waals surface area contributed by atoms with Gasteiger partial charge >= 0.3 is 0 Å². The predicted octanol–water partition coefficient (Wildman–Crippen LogP) is 4.21. The van der Waals surface area contributed by atoms with E-state index >= 15 is 0 Å². The van der Waals surface area contributed by atoms with Crippen molar-refractivity contribution in [3.8, 4) is 0 Å². The lowest BCUT2D eigenvalue weighted by Gasteiger charge is -2.22. The molecule has 1 saturated heterocycles. The van der Waals surface area contributed by atoms with Gasteiger partial charge < -0.3 is 5.32 Å². The van der Waals surface area contributed by atoms with Crippen LogP contribution in [-0.4, -0.2) is 35.4 Å². The van der Waals surface area contributed by atoms with Crippen LogP contribution in [0.15, 0.2) is 41.3 Å². The lowest BCUT2D eigenvalue weighted by atomic mass is 10.1. The molecule has 32 heavy (non-hydrogen) atoms. The number of hydrogen-bond acceptors (Lipinski definition) is 6. The first-order chi connectivity index (χ1) is 15.2. The molecule has 1 amide bonds. The van der Waals surface area contributed by atoms with Gasteiger partial charge in [-0.1, -0.05) is 17.4 Å². The first-order valence-corrected chi connectivity index (χ1v) is 12.1. The fraction of sp³-hybridized carbons (Fsp3) is 0.286. The number of anilines is 1. The van der Waals surface area contributed by atoms with Gasteiger partial charge in [-0.3, -0.25) is 4.79 Å². The zero-order chi connectivity index (χ0) is 23.0. The number of benzene rings is 2. The van der Waals surface area contributed by atoms with Gasteiger partial charge in [-0.2, -0.15) is 4.31 Å². The Labute approximate surface area is 188 Å². The average Bonchev–Trinajstić information content (AvgIpc) is 3.41. The van der Waals surface area contributed by atoms with Crippen molar-refractivity contribution >= 4 is 33.0 Å². The summed E-state index contributed by atoms with van der Waals surface area (Å²) in [6.07, 6.45) is 1.20. The maximum atomic E-state index is 13.8. The molecule has 1 aliphatic rings. The molecule has 0 radical (unpaired) electrons. The van der Waals surface area contributed by atoms with Gasteiger partial charge in [0, 0.05) is 12.6 Å². The van der Waals surface area contributed by atoms with E-state index in [-0.39, 0.29) is 15.6 Å². The topological polar surface area (TPSA) is 92.3 Å². The standard InChI is InChI=1S/C21H20F2N4O3S2/c1-12-5-7-15(10-13(12)2)32(29,30)27-9-3-4-18(27)20-25-26-21(31-20)19(28)24-17-8-6-14(22)11-16(17)23/h5-8,10-11,18H,3-4,9H2,1-2H3,(H,24,28). The molecule has 4 rings (SSSR count). The Morgan fingerprint density at radius 2 is 1.91 bits per heavy atom. The molecule has 11 heteroatoms. The van der Waals surface area contributed by atoms with Crippen molar-refractivity contribution < 1.29 is 22.0 Å². The molecular weight excluding hydrogens is 458 g/mol. The van der Waals surface area contributed by atoms with Gasteiger partial charge in [0.1, 0.15) is 16.6 Å². The van der Waals surface area contributed by atoms with Crippen LogP contribution in [0.1, 0.15) is 44.8 Å². The van der Waals surface area contributed by atoms with Crippen molar-refractivity contribution in [3.63, 3.8) is 0 Å². The van der Waals surface area contributed by atoms with E-state index in [1.807, 2.05) is 13.8 Å². The molecule has 0 spiro atoms. The maximum absolute atomic E-state index is 13.8. The normalized spacial score (nSPS) is 16.9. The summed E-state index contributed by atoms with van der Waals surface area (Å²) in [7, 11) is -3.76. The lowest BCUT2D eigenvalue weighted by molar-refractivity contribution is 0.102. The fourth-order valence-corrected chi connectivity index (χ4v) is 6.21. The van der Waals surface area contributed by atoms with Gasteiger partial charge in [-0.25, -0.2) is 17.2 Å². The quantitative estimate of drug-likeness (QED) is 0.593. The van der Waals surface area contributed by atoms with E-state index in [0.29, 0.717) is 30.5 Å². The third-order valence-electron chi connectivity index (χ3n) is 5.39. The fourth-order valence-electron chi connectivity index (χ4n) is 3.51. The highest BCUT2D eigenvalue weighted by atomic mass is 32.2. The highest BCUT2D eigenvalue weighted by Crippen LogP contribution is 2.38. The Morgan fingerprint density at radius 3 is 2.62 bits per heavy atom. The molecule has 1 atom stereocenters. The van der Waals surface area contributed by atoms with Gasteiger partial charge in [0.05, 0.1) is 16.6 Å². The minimum atomic E-state index is -3.76. The number of nitrogens with one attached hydrogen (secondary N) is 1. The minimum Gasteiger partial charge on any atom is -0.317 e. The van der Waals surface area contributed by atoms with Crippen LogP contribution in [0.2, 0.25) is 0 Å². The van der Waals surface area contributed by atoms with Crippen LogP contribution >= 0.6 is 11.3 Å². The van der Waals surface area contributed by atoms with Crippen molar-refractivity contribution in [2.45, 2.75) is 37.6 Å². The minimum absolute atomic E-state index is 0.0425. The number of hydrogen-bond donors (Lipinski definition) is 1. The van der Waals surface area contributed by atoms with Crippen molar-refractivity contribution in [1.29, 1.82) is 0 Å². The molecule has 0 saturated carbocycles. The third kappa shape index (κ3) is 4.27. The van der Waals surface area contributed by atoms with Crippen LogP contribution < -0.4 is 5.32 Å². The number of sulfonamides is 1. The van der Waals surface area contributed by atoms with Crippen molar-refractivity contribution in [3.05, 3.63) is 69.2 Å². The molecule has 168 valence electrons. The largest absolute Gasteiger partial charge is 0.317 e. The van der Waals surface area contributed by atoms with Crippen LogP contribution in [0.5, 0.6) is 0 Å². The molecule has 3 aromatic rings. The number of nitrogens with zero attached hydrogens (tertiary/aromatic N) is 3. The van der Waals surface area contributed by atoms with Crippen LogP contribution in [0.4, 0.5) is 14.5 Å². The Balaban J connectivity index is 1.56. The predicted molar refractivity (Wildman–Crippen MR) is 116 cm³/mol. The number of halogens is 2. The smallest absolute Gasteiger partial charge is 0.286 e. The zero-order valence-electron chi connectivity index (χ0n) is 17.3. The Bertz CT molecular complexity index is 1290. The van der Waals surface area contributed by atoms with Crippen molar-refractivity contribution in [1.82, 2.24) is 14.5 Å².